The van der Waals surface area contributed by atoms with E-state index in [0.29, 0.717) is 12.5 Å². The van der Waals surface area contributed by atoms with E-state index in [9.17, 15) is 14.4 Å². The Labute approximate surface area is 225 Å². The monoisotopic (exact) mass is 519 g/mol. The van der Waals surface area contributed by atoms with Gasteiger partial charge in [-0.3, -0.25) is 19.3 Å². The van der Waals surface area contributed by atoms with Crippen molar-refractivity contribution in [2.75, 3.05) is 31.5 Å². The van der Waals surface area contributed by atoms with Gasteiger partial charge in [0.25, 0.3) is 5.91 Å². The number of anilines is 1. The van der Waals surface area contributed by atoms with Gasteiger partial charge in [-0.15, -0.1) is 0 Å². The SMILES string of the molecule is CC(=O)Nc1ccc(CNC(=O)c2ccc3n2CCN(CC2CCN(C(=O)C(C)C)CC2)C32CCC2)cc1. The van der Waals surface area contributed by atoms with Gasteiger partial charge in [0.15, 0.2) is 0 Å². The number of carbonyl (C=O) groups excluding carboxylic acids is 3. The van der Waals surface area contributed by atoms with Crippen LogP contribution in [0, 0.1) is 11.8 Å². The van der Waals surface area contributed by atoms with Crippen molar-refractivity contribution in [3.63, 3.8) is 0 Å². The highest BCUT2D eigenvalue weighted by Gasteiger charge is 2.49. The van der Waals surface area contributed by atoms with Gasteiger partial charge in [-0.1, -0.05) is 26.0 Å². The fourth-order valence-corrected chi connectivity index (χ4v) is 6.45. The van der Waals surface area contributed by atoms with E-state index in [4.69, 9.17) is 0 Å². The normalized spacial score (nSPS) is 19.2. The predicted molar refractivity (Wildman–Crippen MR) is 148 cm³/mol. The molecule has 2 fully saturated rings. The molecule has 8 heteroatoms. The lowest BCUT2D eigenvalue weighted by Crippen LogP contribution is -2.58. The van der Waals surface area contributed by atoms with Crippen LogP contribution in [0.1, 0.15) is 74.6 Å². The number of fused-ring (bicyclic) bond motifs is 2. The zero-order valence-corrected chi connectivity index (χ0v) is 23.0. The van der Waals surface area contributed by atoms with Gasteiger partial charge in [-0.05, 0) is 67.9 Å². The number of benzene rings is 1. The van der Waals surface area contributed by atoms with E-state index in [1.54, 1.807) is 0 Å². The first kappa shape index (κ1) is 26.5. The van der Waals surface area contributed by atoms with Crippen molar-refractivity contribution in [1.29, 1.82) is 0 Å². The molecule has 3 aliphatic rings. The third-order valence-corrected chi connectivity index (χ3v) is 8.70. The number of likely N-dealkylation sites (tertiary alicyclic amines) is 1. The molecule has 1 aliphatic carbocycles. The van der Waals surface area contributed by atoms with E-state index in [0.717, 1.165) is 75.4 Å². The van der Waals surface area contributed by atoms with Crippen LogP contribution in [0.4, 0.5) is 5.69 Å². The first-order chi connectivity index (χ1) is 18.3. The van der Waals surface area contributed by atoms with E-state index in [2.05, 4.69) is 26.2 Å². The Balaban J connectivity index is 1.21. The highest BCUT2D eigenvalue weighted by atomic mass is 16.2. The Morgan fingerprint density at radius 3 is 2.29 bits per heavy atom. The van der Waals surface area contributed by atoms with Gasteiger partial charge in [0, 0.05) is 63.5 Å². The van der Waals surface area contributed by atoms with Crippen LogP contribution >= 0.6 is 0 Å². The van der Waals surface area contributed by atoms with Crippen molar-refractivity contribution >= 4 is 23.4 Å². The van der Waals surface area contributed by atoms with Crippen molar-refractivity contribution in [2.45, 2.75) is 71.5 Å². The van der Waals surface area contributed by atoms with Crippen LogP contribution < -0.4 is 10.6 Å². The second-order valence-electron chi connectivity index (χ2n) is 11.6. The van der Waals surface area contributed by atoms with E-state index in [-0.39, 0.29) is 29.2 Å². The van der Waals surface area contributed by atoms with Gasteiger partial charge < -0.3 is 20.1 Å². The lowest BCUT2D eigenvalue weighted by Gasteiger charge is -2.55. The Hall–Kier alpha value is -3.13. The second kappa shape index (κ2) is 10.9. The molecule has 1 saturated carbocycles. The minimum atomic E-state index is -0.102. The number of nitrogens with one attached hydrogen (secondary N) is 2. The summed E-state index contributed by atoms with van der Waals surface area (Å²) in [6, 6.07) is 11.7. The largest absolute Gasteiger partial charge is 0.347 e. The van der Waals surface area contributed by atoms with Crippen LogP contribution in [0.2, 0.25) is 0 Å². The molecule has 2 aliphatic heterocycles. The Morgan fingerprint density at radius 1 is 0.974 bits per heavy atom. The highest BCUT2D eigenvalue weighted by Crippen LogP contribution is 2.49. The molecule has 3 amide bonds. The first-order valence-corrected chi connectivity index (χ1v) is 14.2. The first-order valence-electron chi connectivity index (χ1n) is 14.2. The summed E-state index contributed by atoms with van der Waals surface area (Å²) < 4.78 is 2.24. The van der Waals surface area contributed by atoms with Gasteiger partial charge in [0.1, 0.15) is 5.69 Å². The molecule has 1 saturated heterocycles. The maximum absolute atomic E-state index is 13.2. The van der Waals surface area contributed by atoms with Crippen molar-refractivity contribution in [1.82, 2.24) is 19.7 Å². The standard InChI is InChI=1S/C30H41N5O3/c1-21(2)29(38)33-15-11-24(12-16-33)20-34-17-18-35-26(9-10-27(35)30(34)13-4-14-30)28(37)31-19-23-5-7-25(8-6-23)32-22(3)36/h5-10,21,24H,4,11-20H2,1-3H3,(H,31,37)(H,32,36). The number of hydrogen-bond donors (Lipinski definition) is 2. The van der Waals surface area contributed by atoms with E-state index < -0.39 is 0 Å². The third kappa shape index (κ3) is 5.23. The van der Waals surface area contributed by atoms with E-state index in [1.807, 2.05) is 49.1 Å². The quantitative estimate of drug-likeness (QED) is 0.580. The minimum absolute atomic E-state index is 0.0429. The Morgan fingerprint density at radius 2 is 1.68 bits per heavy atom. The molecule has 1 spiro atoms. The van der Waals surface area contributed by atoms with E-state index in [1.165, 1.54) is 19.0 Å². The smallest absolute Gasteiger partial charge is 0.268 e. The molecule has 5 rings (SSSR count). The van der Waals surface area contributed by atoms with Crippen LogP contribution in [-0.4, -0.2) is 58.3 Å². The molecule has 2 N–H and O–H groups in total. The highest BCUT2D eigenvalue weighted by molar-refractivity contribution is 5.93. The Kier molecular flexibility index (Phi) is 7.61. The van der Waals surface area contributed by atoms with Gasteiger partial charge in [-0.25, -0.2) is 0 Å². The molecule has 204 valence electrons. The second-order valence-corrected chi connectivity index (χ2v) is 11.6. The third-order valence-electron chi connectivity index (χ3n) is 8.70. The fraction of sp³-hybridized carbons (Fsp3) is 0.567. The topological polar surface area (TPSA) is 86.7 Å². The van der Waals surface area contributed by atoms with Crippen molar-refractivity contribution < 1.29 is 14.4 Å². The van der Waals surface area contributed by atoms with Crippen LogP contribution in [-0.2, 0) is 28.2 Å². The molecular formula is C30H41N5O3. The molecular weight excluding hydrogens is 478 g/mol. The summed E-state index contributed by atoms with van der Waals surface area (Å²) in [4.78, 5) is 41.5. The van der Waals surface area contributed by atoms with Gasteiger partial charge in [-0.2, -0.15) is 0 Å². The molecule has 38 heavy (non-hydrogen) atoms. The minimum Gasteiger partial charge on any atom is -0.347 e. The number of aromatic nitrogens is 1. The van der Waals surface area contributed by atoms with E-state index >= 15 is 0 Å². The number of amides is 3. The Bertz CT molecular complexity index is 1170. The number of carbonyl (C=O) groups is 3. The van der Waals surface area contributed by atoms with Gasteiger partial charge >= 0.3 is 0 Å². The summed E-state index contributed by atoms with van der Waals surface area (Å²) in [7, 11) is 0. The number of hydrogen-bond acceptors (Lipinski definition) is 4. The molecule has 0 atom stereocenters. The average molecular weight is 520 g/mol. The van der Waals surface area contributed by atoms with Crippen LogP contribution in [0.3, 0.4) is 0 Å². The molecule has 2 aromatic rings. The maximum Gasteiger partial charge on any atom is 0.268 e. The zero-order valence-electron chi connectivity index (χ0n) is 23.0. The van der Waals surface area contributed by atoms with Crippen molar-refractivity contribution in [3.8, 4) is 0 Å². The molecule has 0 bridgehead atoms. The molecule has 8 nitrogen and oxygen atoms in total. The van der Waals surface area contributed by atoms with Gasteiger partial charge in [0.2, 0.25) is 11.8 Å². The summed E-state index contributed by atoms with van der Waals surface area (Å²) in [5.41, 5.74) is 3.80. The molecule has 1 aromatic carbocycles. The summed E-state index contributed by atoms with van der Waals surface area (Å²) in [5, 5.41) is 5.84. The van der Waals surface area contributed by atoms with Gasteiger partial charge in [0.05, 0.1) is 5.54 Å². The lowest BCUT2D eigenvalue weighted by atomic mass is 9.71. The molecule has 3 heterocycles. The summed E-state index contributed by atoms with van der Waals surface area (Å²) >= 11 is 0. The lowest BCUT2D eigenvalue weighted by molar-refractivity contribution is -0.136. The van der Waals surface area contributed by atoms with Crippen molar-refractivity contribution in [2.24, 2.45) is 11.8 Å². The number of nitrogens with zero attached hydrogens (tertiary/aromatic N) is 3. The molecule has 0 radical (unpaired) electrons. The fourth-order valence-electron chi connectivity index (χ4n) is 6.45. The number of rotatable bonds is 7. The molecule has 1 aromatic heterocycles. The van der Waals surface area contributed by atoms with Crippen LogP contribution in [0.15, 0.2) is 36.4 Å². The maximum atomic E-state index is 13.2. The summed E-state index contributed by atoms with van der Waals surface area (Å²) in [6.07, 6.45) is 5.66. The number of piperidine rings is 1. The summed E-state index contributed by atoms with van der Waals surface area (Å²) in [6.45, 7) is 10.5. The predicted octanol–water partition coefficient (Wildman–Crippen LogP) is 3.97. The van der Waals surface area contributed by atoms with Crippen molar-refractivity contribution in [3.05, 3.63) is 53.3 Å². The summed E-state index contributed by atoms with van der Waals surface area (Å²) in [5.74, 6) is 0.817. The zero-order chi connectivity index (χ0) is 26.9. The van der Waals surface area contributed by atoms with Crippen LogP contribution in [0.25, 0.3) is 0 Å². The average Bonchev–Trinajstić information content (AvgIpc) is 3.31. The van der Waals surface area contributed by atoms with Crippen LogP contribution in [0.5, 0.6) is 0 Å². The molecule has 0 unspecified atom stereocenters.